The van der Waals surface area contributed by atoms with Crippen molar-refractivity contribution in [2.24, 2.45) is 0 Å². The van der Waals surface area contributed by atoms with Crippen LogP contribution in [-0.2, 0) is 6.54 Å². The molecule has 2 aromatic heterocycles. The van der Waals surface area contributed by atoms with Crippen molar-refractivity contribution in [3.8, 4) is 0 Å². The molecule has 0 unspecified atom stereocenters. The maximum atomic E-state index is 5.78. The molecule has 78 valence electrons. The molecule has 2 heterocycles. The summed E-state index contributed by atoms with van der Waals surface area (Å²) in [6.45, 7) is 0.670. The smallest absolute Gasteiger partial charge is 0.0752 e. The second kappa shape index (κ2) is 4.31. The summed E-state index contributed by atoms with van der Waals surface area (Å²) in [5.41, 5.74) is 8.32. The molecule has 0 radical (unpaired) electrons. The number of nitrogens with one attached hydrogen (secondary N) is 2. The highest BCUT2D eigenvalue weighted by atomic mass is 79.9. The third-order valence-electron chi connectivity index (χ3n) is 1.95. The molecular formula is C9H10BrN5. The van der Waals surface area contributed by atoms with Crippen molar-refractivity contribution in [1.82, 2.24) is 15.2 Å². The summed E-state index contributed by atoms with van der Waals surface area (Å²) in [5.74, 6) is 0. The summed E-state index contributed by atoms with van der Waals surface area (Å²) in [5, 5.41) is 9.82. The van der Waals surface area contributed by atoms with Gasteiger partial charge in [-0.3, -0.25) is 10.1 Å². The molecule has 0 amide bonds. The van der Waals surface area contributed by atoms with Gasteiger partial charge in [0.2, 0.25) is 0 Å². The average Bonchev–Trinajstić information content (AvgIpc) is 2.70. The zero-order valence-electron chi connectivity index (χ0n) is 7.87. The summed E-state index contributed by atoms with van der Waals surface area (Å²) in [4.78, 5) is 3.96. The predicted molar refractivity (Wildman–Crippen MR) is 62.3 cm³/mol. The van der Waals surface area contributed by atoms with Crippen molar-refractivity contribution < 1.29 is 0 Å². The first-order chi connectivity index (χ1) is 7.27. The largest absolute Gasteiger partial charge is 0.396 e. The SMILES string of the molecule is Nc1cncc(Br)c1NCc1cn[nH]c1. The van der Waals surface area contributed by atoms with Gasteiger partial charge in [-0.25, -0.2) is 0 Å². The van der Waals surface area contributed by atoms with E-state index in [0.29, 0.717) is 12.2 Å². The molecule has 0 aliphatic rings. The molecular weight excluding hydrogens is 258 g/mol. The molecule has 0 saturated carbocycles. The van der Waals surface area contributed by atoms with E-state index in [2.05, 4.69) is 36.4 Å². The highest BCUT2D eigenvalue weighted by molar-refractivity contribution is 9.10. The second-order valence-corrected chi connectivity index (χ2v) is 3.90. The standard InChI is InChI=1S/C9H10BrN5/c10-7-4-12-5-8(11)9(7)13-1-6-2-14-15-3-6/h2-5H,1,11H2,(H,12,13)(H,14,15). The fraction of sp³-hybridized carbons (Fsp3) is 0.111. The van der Waals surface area contributed by atoms with Crippen LogP contribution in [0.5, 0.6) is 0 Å². The van der Waals surface area contributed by atoms with Gasteiger partial charge in [0, 0.05) is 24.5 Å². The van der Waals surface area contributed by atoms with Crippen LogP contribution in [0.1, 0.15) is 5.56 Å². The molecule has 0 bridgehead atoms. The first-order valence-corrected chi connectivity index (χ1v) is 5.17. The van der Waals surface area contributed by atoms with Crippen LogP contribution in [0.15, 0.2) is 29.3 Å². The summed E-state index contributed by atoms with van der Waals surface area (Å²) >= 11 is 3.38. The monoisotopic (exact) mass is 267 g/mol. The summed E-state index contributed by atoms with van der Waals surface area (Å²) in [6, 6.07) is 0. The van der Waals surface area contributed by atoms with E-state index in [1.165, 1.54) is 0 Å². The number of rotatable bonds is 3. The molecule has 0 fully saturated rings. The lowest BCUT2D eigenvalue weighted by Gasteiger charge is -2.09. The molecule has 0 aliphatic heterocycles. The van der Waals surface area contributed by atoms with Crippen LogP contribution in [0.3, 0.4) is 0 Å². The Bertz CT molecular complexity index is 420. The number of H-pyrrole nitrogens is 1. The van der Waals surface area contributed by atoms with Crippen LogP contribution in [0.4, 0.5) is 11.4 Å². The molecule has 2 rings (SSSR count). The number of nitrogens with two attached hydrogens (primary N) is 1. The Hall–Kier alpha value is -1.56. The van der Waals surface area contributed by atoms with E-state index in [4.69, 9.17) is 5.73 Å². The van der Waals surface area contributed by atoms with Crippen LogP contribution >= 0.6 is 15.9 Å². The molecule has 0 aliphatic carbocycles. The van der Waals surface area contributed by atoms with Crippen molar-refractivity contribution in [3.05, 3.63) is 34.8 Å². The number of aromatic amines is 1. The maximum absolute atomic E-state index is 5.78. The molecule has 15 heavy (non-hydrogen) atoms. The van der Waals surface area contributed by atoms with Crippen molar-refractivity contribution in [2.45, 2.75) is 6.54 Å². The fourth-order valence-corrected chi connectivity index (χ4v) is 1.69. The quantitative estimate of drug-likeness (QED) is 0.792. The van der Waals surface area contributed by atoms with Gasteiger partial charge in [0.25, 0.3) is 0 Å². The Labute approximate surface area is 95.2 Å². The topological polar surface area (TPSA) is 79.6 Å². The average molecular weight is 268 g/mol. The van der Waals surface area contributed by atoms with Crippen molar-refractivity contribution in [2.75, 3.05) is 11.1 Å². The minimum Gasteiger partial charge on any atom is -0.396 e. The van der Waals surface area contributed by atoms with Gasteiger partial charge in [0.15, 0.2) is 0 Å². The van der Waals surface area contributed by atoms with Gasteiger partial charge in [-0.05, 0) is 15.9 Å². The van der Waals surface area contributed by atoms with Gasteiger partial charge < -0.3 is 11.1 Å². The first kappa shape index (κ1) is 9.97. The number of anilines is 2. The molecule has 0 spiro atoms. The number of pyridine rings is 1. The van der Waals surface area contributed by atoms with E-state index >= 15 is 0 Å². The van der Waals surface area contributed by atoms with Crippen LogP contribution in [0.25, 0.3) is 0 Å². The van der Waals surface area contributed by atoms with Gasteiger partial charge in [0.05, 0.1) is 28.2 Å². The van der Waals surface area contributed by atoms with Crippen LogP contribution < -0.4 is 11.1 Å². The van der Waals surface area contributed by atoms with Gasteiger partial charge in [-0.15, -0.1) is 0 Å². The number of hydrogen-bond donors (Lipinski definition) is 3. The third-order valence-corrected chi connectivity index (χ3v) is 2.55. The number of halogens is 1. The minimum absolute atomic E-state index is 0.618. The van der Waals surface area contributed by atoms with Crippen LogP contribution in [-0.4, -0.2) is 15.2 Å². The predicted octanol–water partition coefficient (Wildman–Crippen LogP) is 1.76. The highest BCUT2D eigenvalue weighted by Crippen LogP contribution is 2.27. The molecule has 0 saturated heterocycles. The van der Waals surface area contributed by atoms with Crippen LogP contribution in [0, 0.1) is 0 Å². The minimum atomic E-state index is 0.618. The maximum Gasteiger partial charge on any atom is 0.0752 e. The Kier molecular flexibility index (Phi) is 2.86. The summed E-state index contributed by atoms with van der Waals surface area (Å²) in [7, 11) is 0. The van der Waals surface area contributed by atoms with Gasteiger partial charge in [0.1, 0.15) is 0 Å². The Balaban J connectivity index is 2.11. The molecule has 0 atom stereocenters. The number of aromatic nitrogens is 3. The number of nitrogens with zero attached hydrogens (tertiary/aromatic N) is 2. The van der Waals surface area contributed by atoms with Gasteiger partial charge in [-0.2, -0.15) is 5.10 Å². The molecule has 5 nitrogen and oxygen atoms in total. The van der Waals surface area contributed by atoms with Crippen molar-refractivity contribution in [1.29, 1.82) is 0 Å². The van der Waals surface area contributed by atoms with E-state index in [0.717, 1.165) is 15.7 Å². The number of hydrogen-bond acceptors (Lipinski definition) is 4. The third kappa shape index (κ3) is 2.27. The Morgan fingerprint density at radius 3 is 2.93 bits per heavy atom. The van der Waals surface area contributed by atoms with Crippen molar-refractivity contribution >= 4 is 27.3 Å². The summed E-state index contributed by atoms with van der Waals surface area (Å²) < 4.78 is 0.853. The fourth-order valence-electron chi connectivity index (χ4n) is 1.20. The zero-order valence-corrected chi connectivity index (χ0v) is 9.45. The molecule has 6 heteroatoms. The van der Waals surface area contributed by atoms with Crippen molar-refractivity contribution in [3.63, 3.8) is 0 Å². The zero-order chi connectivity index (χ0) is 10.7. The number of nitrogen functional groups attached to an aromatic ring is 1. The summed E-state index contributed by atoms with van der Waals surface area (Å²) in [6.07, 6.45) is 6.91. The Morgan fingerprint density at radius 2 is 2.27 bits per heavy atom. The van der Waals surface area contributed by atoms with E-state index < -0.39 is 0 Å². The molecule has 4 N–H and O–H groups in total. The van der Waals surface area contributed by atoms with Crippen LogP contribution in [0.2, 0.25) is 0 Å². The molecule has 2 aromatic rings. The first-order valence-electron chi connectivity index (χ1n) is 4.38. The van der Waals surface area contributed by atoms with Gasteiger partial charge in [-0.1, -0.05) is 0 Å². The van der Waals surface area contributed by atoms with E-state index in [9.17, 15) is 0 Å². The van der Waals surface area contributed by atoms with E-state index in [1.54, 1.807) is 18.6 Å². The Morgan fingerprint density at radius 1 is 1.40 bits per heavy atom. The van der Waals surface area contributed by atoms with Gasteiger partial charge >= 0.3 is 0 Å². The lowest BCUT2D eigenvalue weighted by molar-refractivity contribution is 1.09. The normalized spacial score (nSPS) is 10.2. The second-order valence-electron chi connectivity index (χ2n) is 3.05. The lowest BCUT2D eigenvalue weighted by atomic mass is 10.3. The van der Waals surface area contributed by atoms with E-state index in [-0.39, 0.29) is 0 Å². The molecule has 0 aromatic carbocycles. The van der Waals surface area contributed by atoms with E-state index in [1.807, 2.05) is 6.20 Å². The lowest BCUT2D eigenvalue weighted by Crippen LogP contribution is -2.03. The highest BCUT2D eigenvalue weighted by Gasteiger charge is 2.04.